The van der Waals surface area contributed by atoms with Crippen LogP contribution in [0.3, 0.4) is 0 Å². The summed E-state index contributed by atoms with van der Waals surface area (Å²) in [5.74, 6) is -0.674. The Labute approximate surface area is 195 Å². The number of carbonyl (C=O) groups is 2. The van der Waals surface area contributed by atoms with E-state index in [-0.39, 0.29) is 21.9 Å². The Bertz CT molecular complexity index is 1180. The Morgan fingerprint density at radius 2 is 1.52 bits per heavy atom. The fraction of sp³-hybridized carbons (Fsp3) is 0.0870. The molecule has 3 rings (SSSR count). The van der Waals surface area contributed by atoms with Crippen molar-refractivity contribution < 1.29 is 9.59 Å². The van der Waals surface area contributed by atoms with Crippen molar-refractivity contribution in [2.24, 2.45) is 0 Å². The number of hydrogen-bond acceptors (Lipinski definition) is 3. The first-order valence-electron chi connectivity index (χ1n) is 9.29. The number of nitrogens with one attached hydrogen (secondary N) is 3. The van der Waals surface area contributed by atoms with Crippen LogP contribution in [0.2, 0.25) is 10.0 Å². The highest BCUT2D eigenvalue weighted by atomic mass is 35.5. The number of aryl methyl sites for hydroxylation is 2. The van der Waals surface area contributed by atoms with Crippen molar-refractivity contribution in [3.63, 3.8) is 0 Å². The van der Waals surface area contributed by atoms with E-state index in [2.05, 4.69) is 16.0 Å². The molecule has 3 N–H and O–H groups in total. The van der Waals surface area contributed by atoms with Crippen molar-refractivity contribution in [3.8, 4) is 0 Å². The maximum absolute atomic E-state index is 12.5. The summed E-state index contributed by atoms with van der Waals surface area (Å²) in [6, 6.07) is 17.0. The highest BCUT2D eigenvalue weighted by Crippen LogP contribution is 2.23. The Kier molecular flexibility index (Phi) is 7.28. The lowest BCUT2D eigenvalue weighted by molar-refractivity contribution is 0.0976. The topological polar surface area (TPSA) is 70.2 Å². The molecule has 0 saturated carbocycles. The summed E-state index contributed by atoms with van der Waals surface area (Å²) in [5.41, 5.74) is 4.09. The lowest BCUT2D eigenvalue weighted by Gasteiger charge is -2.12. The highest BCUT2D eigenvalue weighted by Gasteiger charge is 2.12. The molecule has 0 fully saturated rings. The van der Waals surface area contributed by atoms with Crippen LogP contribution < -0.4 is 16.0 Å². The van der Waals surface area contributed by atoms with Gasteiger partial charge in [0.05, 0.1) is 10.6 Å². The van der Waals surface area contributed by atoms with Gasteiger partial charge in [-0.05, 0) is 85.7 Å². The van der Waals surface area contributed by atoms with E-state index < -0.39 is 0 Å². The quantitative estimate of drug-likeness (QED) is 0.408. The van der Waals surface area contributed by atoms with Gasteiger partial charge in [0.2, 0.25) is 0 Å². The van der Waals surface area contributed by atoms with Crippen molar-refractivity contribution in [2.45, 2.75) is 13.8 Å². The number of rotatable bonds is 4. The highest BCUT2D eigenvalue weighted by molar-refractivity contribution is 7.80. The second-order valence-electron chi connectivity index (χ2n) is 6.87. The summed E-state index contributed by atoms with van der Waals surface area (Å²) in [5, 5.41) is 9.23. The zero-order chi connectivity index (χ0) is 22.5. The normalized spacial score (nSPS) is 10.3. The van der Waals surface area contributed by atoms with Crippen molar-refractivity contribution in [1.29, 1.82) is 0 Å². The van der Waals surface area contributed by atoms with Gasteiger partial charge in [0.25, 0.3) is 11.8 Å². The van der Waals surface area contributed by atoms with Gasteiger partial charge in [0, 0.05) is 22.0 Å². The van der Waals surface area contributed by atoms with E-state index in [1.54, 1.807) is 42.5 Å². The van der Waals surface area contributed by atoms with Crippen LogP contribution in [0.1, 0.15) is 31.8 Å². The van der Waals surface area contributed by atoms with E-state index in [9.17, 15) is 9.59 Å². The van der Waals surface area contributed by atoms with Crippen LogP contribution in [0.25, 0.3) is 0 Å². The number of anilines is 2. The van der Waals surface area contributed by atoms with Gasteiger partial charge < -0.3 is 10.6 Å². The van der Waals surface area contributed by atoms with E-state index in [0.29, 0.717) is 27.5 Å². The molecule has 0 aliphatic carbocycles. The van der Waals surface area contributed by atoms with Crippen molar-refractivity contribution in [1.82, 2.24) is 5.32 Å². The van der Waals surface area contributed by atoms with Gasteiger partial charge in [0.1, 0.15) is 0 Å². The van der Waals surface area contributed by atoms with E-state index in [1.807, 2.05) is 26.0 Å². The van der Waals surface area contributed by atoms with Crippen molar-refractivity contribution >= 4 is 63.7 Å². The van der Waals surface area contributed by atoms with E-state index in [1.165, 1.54) is 6.07 Å². The van der Waals surface area contributed by atoms with Crippen LogP contribution in [0, 0.1) is 13.8 Å². The molecule has 0 radical (unpaired) electrons. The van der Waals surface area contributed by atoms with E-state index >= 15 is 0 Å². The number of amides is 2. The molecule has 0 aromatic heterocycles. The molecule has 0 unspecified atom stereocenters. The zero-order valence-corrected chi connectivity index (χ0v) is 19.1. The molecule has 8 heteroatoms. The summed E-state index contributed by atoms with van der Waals surface area (Å²) >= 11 is 17.2. The Morgan fingerprint density at radius 1 is 0.806 bits per heavy atom. The van der Waals surface area contributed by atoms with Gasteiger partial charge in [-0.2, -0.15) is 0 Å². The molecular weight excluding hydrogens is 453 g/mol. The fourth-order valence-corrected chi connectivity index (χ4v) is 3.47. The number of halogens is 2. The van der Waals surface area contributed by atoms with Gasteiger partial charge >= 0.3 is 0 Å². The summed E-state index contributed by atoms with van der Waals surface area (Å²) in [4.78, 5) is 24.9. The summed E-state index contributed by atoms with van der Waals surface area (Å²) in [7, 11) is 0. The third kappa shape index (κ3) is 6.04. The second-order valence-corrected chi connectivity index (χ2v) is 8.12. The Morgan fingerprint density at radius 3 is 2.19 bits per heavy atom. The van der Waals surface area contributed by atoms with Crippen LogP contribution in [0.5, 0.6) is 0 Å². The van der Waals surface area contributed by atoms with Crippen LogP contribution in [0.4, 0.5) is 11.4 Å². The molecule has 158 valence electrons. The fourth-order valence-electron chi connectivity index (χ4n) is 2.77. The predicted molar refractivity (Wildman–Crippen MR) is 130 cm³/mol. The monoisotopic (exact) mass is 471 g/mol. The molecule has 0 spiro atoms. The molecule has 0 bridgehead atoms. The van der Waals surface area contributed by atoms with Gasteiger partial charge in [-0.25, -0.2) is 0 Å². The molecule has 3 aromatic rings. The molecule has 31 heavy (non-hydrogen) atoms. The number of benzene rings is 3. The minimum atomic E-state index is -0.371. The van der Waals surface area contributed by atoms with Crippen LogP contribution in [-0.2, 0) is 0 Å². The minimum Gasteiger partial charge on any atom is -0.332 e. The molecular formula is C23H19Cl2N3O2S. The summed E-state index contributed by atoms with van der Waals surface area (Å²) in [6.07, 6.45) is 0. The largest absolute Gasteiger partial charge is 0.332 e. The first kappa shape index (κ1) is 22.7. The lowest BCUT2D eigenvalue weighted by Crippen LogP contribution is -2.34. The van der Waals surface area contributed by atoms with E-state index in [0.717, 1.165) is 11.1 Å². The summed E-state index contributed by atoms with van der Waals surface area (Å²) in [6.45, 7) is 3.93. The van der Waals surface area contributed by atoms with Crippen molar-refractivity contribution in [3.05, 3.63) is 93.0 Å². The predicted octanol–water partition coefficient (Wildman–Crippen LogP) is 5.99. The SMILES string of the molecule is Cc1ccc(C(=O)NC(=S)Nc2cccc(NC(=O)c3ccc(Cl)cc3Cl)c2)cc1C. The zero-order valence-electron chi connectivity index (χ0n) is 16.8. The standard InChI is InChI=1S/C23H19Cl2N3O2S/c1-13-6-7-15(10-14(13)2)21(29)28-23(31)27-18-5-3-4-17(12-18)26-22(30)19-9-8-16(24)11-20(19)25/h3-12H,1-2H3,(H,26,30)(H2,27,28,29,31). The average molecular weight is 472 g/mol. The van der Waals surface area contributed by atoms with Gasteiger partial charge in [-0.3, -0.25) is 14.9 Å². The Hall–Kier alpha value is -2.93. The molecule has 0 aliphatic rings. The summed E-state index contributed by atoms with van der Waals surface area (Å²) < 4.78 is 0. The minimum absolute atomic E-state index is 0.146. The van der Waals surface area contributed by atoms with Crippen LogP contribution >= 0.6 is 35.4 Å². The molecule has 0 aliphatic heterocycles. The van der Waals surface area contributed by atoms with E-state index in [4.69, 9.17) is 35.4 Å². The molecule has 0 saturated heterocycles. The van der Waals surface area contributed by atoms with Crippen molar-refractivity contribution in [2.75, 3.05) is 10.6 Å². The first-order valence-corrected chi connectivity index (χ1v) is 10.5. The second kappa shape index (κ2) is 9.92. The molecule has 2 amide bonds. The third-order valence-electron chi connectivity index (χ3n) is 4.55. The van der Waals surface area contributed by atoms with Crippen LogP contribution in [-0.4, -0.2) is 16.9 Å². The van der Waals surface area contributed by atoms with Crippen LogP contribution in [0.15, 0.2) is 60.7 Å². The molecule has 0 atom stereocenters. The molecule has 0 heterocycles. The third-order valence-corrected chi connectivity index (χ3v) is 5.30. The molecule has 5 nitrogen and oxygen atoms in total. The average Bonchev–Trinajstić information content (AvgIpc) is 2.70. The lowest BCUT2D eigenvalue weighted by atomic mass is 10.1. The number of carbonyl (C=O) groups excluding carboxylic acids is 2. The smallest absolute Gasteiger partial charge is 0.257 e. The maximum Gasteiger partial charge on any atom is 0.257 e. The maximum atomic E-state index is 12.5. The number of hydrogen-bond donors (Lipinski definition) is 3. The van der Waals surface area contributed by atoms with Gasteiger partial charge in [-0.15, -0.1) is 0 Å². The van der Waals surface area contributed by atoms with Gasteiger partial charge in [-0.1, -0.05) is 35.3 Å². The molecule has 3 aromatic carbocycles. The Balaban J connectivity index is 1.64. The van der Waals surface area contributed by atoms with Gasteiger partial charge in [0.15, 0.2) is 5.11 Å². The first-order chi connectivity index (χ1) is 14.7. The number of thiocarbonyl (C=S) groups is 1.